The molecule has 1 atom stereocenters. The van der Waals surface area contributed by atoms with Gasteiger partial charge in [-0.1, -0.05) is 49.4 Å². The highest BCUT2D eigenvalue weighted by molar-refractivity contribution is 5.96. The number of hydrogen-bond donors (Lipinski definition) is 2. The summed E-state index contributed by atoms with van der Waals surface area (Å²) in [7, 11) is 0. The molecule has 0 saturated carbocycles. The number of para-hydroxylation sites is 2. The van der Waals surface area contributed by atoms with Gasteiger partial charge in [-0.15, -0.1) is 0 Å². The predicted molar refractivity (Wildman–Crippen MR) is 144 cm³/mol. The topological polar surface area (TPSA) is 107 Å². The average molecular weight is 499 g/mol. The van der Waals surface area contributed by atoms with Crippen LogP contribution in [0.4, 0.5) is 11.4 Å². The molecule has 5 rings (SSSR count). The fourth-order valence-electron chi connectivity index (χ4n) is 4.83. The van der Waals surface area contributed by atoms with Gasteiger partial charge in [-0.2, -0.15) is 0 Å². The molecule has 2 N–H and O–H groups in total. The van der Waals surface area contributed by atoms with Crippen molar-refractivity contribution in [1.29, 1.82) is 0 Å². The maximum absolute atomic E-state index is 13.4. The van der Waals surface area contributed by atoms with Gasteiger partial charge in [-0.3, -0.25) is 14.9 Å². The summed E-state index contributed by atoms with van der Waals surface area (Å²) in [6.07, 6.45) is 0.522. The van der Waals surface area contributed by atoms with E-state index in [-0.39, 0.29) is 17.2 Å². The summed E-state index contributed by atoms with van der Waals surface area (Å²) >= 11 is 0. The number of likely N-dealkylation sites (N-methyl/N-ethyl adjacent to an activating group) is 1. The Morgan fingerprint density at radius 1 is 1.05 bits per heavy atom. The quantitative estimate of drug-likeness (QED) is 0.277. The van der Waals surface area contributed by atoms with Crippen LogP contribution in [0, 0.1) is 10.1 Å². The molecule has 1 unspecified atom stereocenters. The van der Waals surface area contributed by atoms with Crippen LogP contribution in [0.25, 0.3) is 11.0 Å². The Balaban J connectivity index is 1.41. The van der Waals surface area contributed by atoms with Crippen molar-refractivity contribution in [3.8, 4) is 0 Å². The molecule has 9 nitrogen and oxygen atoms in total. The number of carbonyl (C=O) groups excluding carboxylic acids is 1. The molecule has 9 heteroatoms. The third-order valence-corrected chi connectivity index (χ3v) is 6.92. The first-order valence-electron chi connectivity index (χ1n) is 12.6. The summed E-state index contributed by atoms with van der Waals surface area (Å²) in [5.74, 6) is 0.255. The highest BCUT2D eigenvalue weighted by atomic mass is 16.6. The molecule has 37 heavy (non-hydrogen) atoms. The van der Waals surface area contributed by atoms with Gasteiger partial charge in [0.15, 0.2) is 0 Å². The molecule has 1 aliphatic heterocycles. The number of aromatic amines is 1. The molecule has 1 amide bonds. The monoisotopic (exact) mass is 498 g/mol. The van der Waals surface area contributed by atoms with Crippen LogP contribution in [0.2, 0.25) is 0 Å². The van der Waals surface area contributed by atoms with Crippen molar-refractivity contribution in [2.45, 2.75) is 19.4 Å². The van der Waals surface area contributed by atoms with Crippen LogP contribution in [0.1, 0.15) is 34.7 Å². The fraction of sp³-hybridized carbons (Fsp3) is 0.286. The van der Waals surface area contributed by atoms with Gasteiger partial charge in [0.25, 0.3) is 11.6 Å². The second-order valence-corrected chi connectivity index (χ2v) is 9.24. The summed E-state index contributed by atoms with van der Waals surface area (Å²) in [4.78, 5) is 37.3. The summed E-state index contributed by atoms with van der Waals surface area (Å²) in [5.41, 5.74) is 3.48. The van der Waals surface area contributed by atoms with E-state index in [1.165, 1.54) is 6.07 Å². The number of hydrogen-bond acceptors (Lipinski definition) is 6. The maximum Gasteiger partial charge on any atom is 0.293 e. The Morgan fingerprint density at radius 3 is 2.49 bits per heavy atom. The first-order chi connectivity index (χ1) is 18.0. The molecule has 4 aromatic rings. The van der Waals surface area contributed by atoms with Gasteiger partial charge in [0, 0.05) is 37.8 Å². The Bertz CT molecular complexity index is 1360. The summed E-state index contributed by atoms with van der Waals surface area (Å²) < 4.78 is 0. The van der Waals surface area contributed by atoms with Gasteiger partial charge >= 0.3 is 0 Å². The maximum atomic E-state index is 13.4. The SMILES string of the molecule is CCN1CCN(c2ccc(C(=O)NC(Cc3ccccc3)c3nc4ccccc4[nH]3)cc2[N+](=O)[O-])CC1. The van der Waals surface area contributed by atoms with E-state index < -0.39 is 11.0 Å². The number of benzene rings is 3. The van der Waals surface area contributed by atoms with E-state index in [1.807, 2.05) is 59.5 Å². The Hall–Kier alpha value is -4.24. The lowest BCUT2D eigenvalue weighted by atomic mass is 10.0. The van der Waals surface area contributed by atoms with Gasteiger partial charge in [0.05, 0.1) is 22.0 Å². The Labute approximate surface area is 215 Å². The molecule has 0 bridgehead atoms. The molecule has 0 aliphatic carbocycles. The minimum absolute atomic E-state index is 0.0547. The van der Waals surface area contributed by atoms with E-state index in [0.717, 1.165) is 36.2 Å². The molecule has 1 saturated heterocycles. The van der Waals surface area contributed by atoms with E-state index in [1.54, 1.807) is 12.1 Å². The Kier molecular flexibility index (Phi) is 7.14. The second-order valence-electron chi connectivity index (χ2n) is 9.24. The molecule has 3 aromatic carbocycles. The van der Waals surface area contributed by atoms with Crippen LogP contribution in [0.15, 0.2) is 72.8 Å². The number of nitro benzene ring substituents is 1. The number of rotatable bonds is 8. The molecule has 0 spiro atoms. The minimum atomic E-state index is -0.442. The van der Waals surface area contributed by atoms with Crippen molar-refractivity contribution in [3.63, 3.8) is 0 Å². The van der Waals surface area contributed by atoms with Crippen LogP contribution in [-0.2, 0) is 6.42 Å². The second kappa shape index (κ2) is 10.8. The molecular weight excluding hydrogens is 468 g/mol. The van der Waals surface area contributed by atoms with Crippen LogP contribution in [0.3, 0.4) is 0 Å². The number of piperazine rings is 1. The largest absolute Gasteiger partial charge is 0.363 e. The summed E-state index contributed by atoms with van der Waals surface area (Å²) in [6.45, 7) is 6.21. The van der Waals surface area contributed by atoms with Crippen molar-refractivity contribution in [2.75, 3.05) is 37.6 Å². The number of fused-ring (bicyclic) bond motifs is 1. The van der Waals surface area contributed by atoms with Crippen LogP contribution >= 0.6 is 0 Å². The van der Waals surface area contributed by atoms with Gasteiger partial charge in [0.1, 0.15) is 11.5 Å². The number of nitrogens with one attached hydrogen (secondary N) is 2. The number of H-pyrrole nitrogens is 1. The highest BCUT2D eigenvalue weighted by Crippen LogP contribution is 2.30. The zero-order chi connectivity index (χ0) is 25.8. The van der Waals surface area contributed by atoms with Gasteiger partial charge in [-0.05, 0) is 42.8 Å². The van der Waals surface area contributed by atoms with Crippen molar-refractivity contribution in [1.82, 2.24) is 20.2 Å². The van der Waals surface area contributed by atoms with Gasteiger partial charge in [-0.25, -0.2) is 4.98 Å². The lowest BCUT2D eigenvalue weighted by molar-refractivity contribution is -0.384. The number of amides is 1. The predicted octanol–water partition coefficient (Wildman–Crippen LogP) is 4.33. The van der Waals surface area contributed by atoms with E-state index in [2.05, 4.69) is 22.1 Å². The van der Waals surface area contributed by atoms with Crippen molar-refractivity contribution >= 4 is 28.3 Å². The van der Waals surface area contributed by atoms with Crippen LogP contribution < -0.4 is 10.2 Å². The van der Waals surface area contributed by atoms with Crippen LogP contribution in [0.5, 0.6) is 0 Å². The number of carbonyl (C=O) groups is 1. The lowest BCUT2D eigenvalue weighted by Crippen LogP contribution is -2.46. The molecule has 1 aliphatic rings. The smallest absolute Gasteiger partial charge is 0.293 e. The fourth-order valence-corrected chi connectivity index (χ4v) is 4.83. The van der Waals surface area contributed by atoms with Gasteiger partial charge < -0.3 is 20.1 Å². The Morgan fingerprint density at radius 2 is 1.78 bits per heavy atom. The third-order valence-electron chi connectivity index (χ3n) is 6.92. The van der Waals surface area contributed by atoms with Crippen molar-refractivity contribution < 1.29 is 9.72 Å². The number of imidazole rings is 1. The van der Waals surface area contributed by atoms with E-state index in [9.17, 15) is 14.9 Å². The van der Waals surface area contributed by atoms with Crippen LogP contribution in [-0.4, -0.2) is 58.4 Å². The third kappa shape index (κ3) is 5.46. The zero-order valence-electron chi connectivity index (χ0n) is 20.8. The molecule has 1 fully saturated rings. The number of anilines is 1. The zero-order valence-corrected chi connectivity index (χ0v) is 20.8. The average Bonchev–Trinajstić information content (AvgIpc) is 3.37. The van der Waals surface area contributed by atoms with E-state index in [4.69, 9.17) is 4.98 Å². The highest BCUT2D eigenvalue weighted by Gasteiger charge is 2.26. The normalized spacial score (nSPS) is 15.0. The molecule has 2 heterocycles. The summed E-state index contributed by atoms with van der Waals surface area (Å²) in [6, 6.07) is 21.9. The molecular formula is C28H30N6O3. The molecule has 1 aromatic heterocycles. The minimum Gasteiger partial charge on any atom is -0.363 e. The number of nitrogens with zero attached hydrogens (tertiary/aromatic N) is 4. The standard InChI is InChI=1S/C28H30N6O3/c1-2-32-14-16-33(17-15-32)25-13-12-21(19-26(25)34(36)37)28(35)31-24(18-20-8-4-3-5-9-20)27-29-22-10-6-7-11-23(22)30-27/h3-13,19,24H,2,14-18H2,1H3,(H,29,30)(H,31,35). The molecule has 190 valence electrons. The number of aromatic nitrogens is 2. The van der Waals surface area contributed by atoms with Crippen molar-refractivity contribution in [2.24, 2.45) is 0 Å². The van der Waals surface area contributed by atoms with E-state index in [0.29, 0.717) is 31.0 Å². The van der Waals surface area contributed by atoms with Crippen molar-refractivity contribution in [3.05, 3.63) is 99.9 Å². The first-order valence-corrected chi connectivity index (χ1v) is 12.6. The number of nitro groups is 1. The lowest BCUT2D eigenvalue weighted by Gasteiger charge is -2.35. The van der Waals surface area contributed by atoms with E-state index >= 15 is 0 Å². The van der Waals surface area contributed by atoms with Gasteiger partial charge in [0.2, 0.25) is 0 Å². The first kappa shape index (κ1) is 24.5. The molecule has 0 radical (unpaired) electrons. The summed E-state index contributed by atoms with van der Waals surface area (Å²) in [5, 5.41) is 15.0.